The van der Waals surface area contributed by atoms with Gasteiger partial charge in [-0.3, -0.25) is 0 Å². The second kappa shape index (κ2) is 10.4. The maximum atomic E-state index is 7.29. The quantitative estimate of drug-likeness (QED) is 0.189. The molecule has 238 valence electrons. The molecule has 0 aromatic heterocycles. The van der Waals surface area contributed by atoms with E-state index < -0.39 is 0 Å². The molecule has 4 aromatic carbocycles. The van der Waals surface area contributed by atoms with Crippen LogP contribution in [0.3, 0.4) is 0 Å². The Balaban J connectivity index is 1.15. The SMILES string of the molecule is CCC1CCC2(/C=C/C(C)C1c1cc(Cl)cc3c1-c1ccccc1C31C3CC4CC(C3)CC1C4)c1ccccc1-c1c(Cl)cccc12. The highest BCUT2D eigenvalue weighted by Gasteiger charge is 2.62. The molecule has 0 radical (unpaired) electrons. The molecule has 0 nitrogen and oxygen atoms in total. The second-order valence-corrected chi connectivity index (χ2v) is 17.1. The molecule has 7 aliphatic carbocycles. The fraction of sp³-hybridized carbons (Fsp3) is 0.422. The predicted molar refractivity (Wildman–Crippen MR) is 196 cm³/mol. The van der Waals surface area contributed by atoms with E-state index in [1.54, 1.807) is 16.7 Å². The van der Waals surface area contributed by atoms with Crippen LogP contribution in [0.15, 0.2) is 91.0 Å². The van der Waals surface area contributed by atoms with E-state index in [9.17, 15) is 0 Å². The minimum Gasteiger partial charge on any atom is -0.0843 e. The second-order valence-electron chi connectivity index (χ2n) is 16.3. The lowest BCUT2D eigenvalue weighted by atomic mass is 9.43. The fourth-order valence-electron chi connectivity index (χ4n) is 12.9. The Hall–Kier alpha value is -2.80. The average molecular weight is 656 g/mol. The van der Waals surface area contributed by atoms with Crippen LogP contribution in [0, 0.1) is 35.5 Å². The van der Waals surface area contributed by atoms with Crippen molar-refractivity contribution in [1.29, 1.82) is 0 Å². The van der Waals surface area contributed by atoms with Gasteiger partial charge in [0.25, 0.3) is 0 Å². The molecule has 4 fully saturated rings. The van der Waals surface area contributed by atoms with Gasteiger partial charge in [0.05, 0.1) is 0 Å². The Kier molecular flexibility index (Phi) is 6.42. The molecule has 0 heterocycles. The number of allylic oxidation sites excluding steroid dienone is 2. The van der Waals surface area contributed by atoms with E-state index in [-0.39, 0.29) is 10.8 Å². The van der Waals surface area contributed by atoms with E-state index in [4.69, 9.17) is 23.2 Å². The van der Waals surface area contributed by atoms with Gasteiger partial charge in [-0.15, -0.1) is 0 Å². The largest absolute Gasteiger partial charge is 0.0843 e. The fourth-order valence-corrected chi connectivity index (χ4v) is 13.4. The van der Waals surface area contributed by atoms with Crippen LogP contribution in [-0.4, -0.2) is 0 Å². The number of hydrogen-bond acceptors (Lipinski definition) is 0. The monoisotopic (exact) mass is 654 g/mol. The average Bonchev–Trinajstić information content (AvgIpc) is 3.52. The molecule has 2 heteroatoms. The molecule has 0 aliphatic heterocycles. The first-order valence-corrected chi connectivity index (χ1v) is 19.2. The van der Waals surface area contributed by atoms with Crippen LogP contribution < -0.4 is 0 Å². The van der Waals surface area contributed by atoms with E-state index in [2.05, 4.69) is 105 Å². The molecule has 4 atom stereocenters. The van der Waals surface area contributed by atoms with Gasteiger partial charge < -0.3 is 0 Å². The summed E-state index contributed by atoms with van der Waals surface area (Å²) in [6, 6.07) is 29.9. The van der Waals surface area contributed by atoms with E-state index >= 15 is 0 Å². The molecule has 0 amide bonds. The summed E-state index contributed by atoms with van der Waals surface area (Å²) in [4.78, 5) is 0. The molecule has 4 bridgehead atoms. The van der Waals surface area contributed by atoms with Gasteiger partial charge in [-0.25, -0.2) is 0 Å². The summed E-state index contributed by atoms with van der Waals surface area (Å²) in [6.45, 7) is 4.91. The molecule has 4 aromatic rings. The molecule has 4 unspecified atom stereocenters. The van der Waals surface area contributed by atoms with Crippen molar-refractivity contribution in [2.45, 2.75) is 82.0 Å². The summed E-state index contributed by atoms with van der Waals surface area (Å²) in [6.07, 6.45) is 15.6. The highest BCUT2D eigenvalue weighted by Crippen LogP contribution is 2.70. The molecule has 0 N–H and O–H groups in total. The van der Waals surface area contributed by atoms with E-state index in [1.807, 2.05) is 0 Å². The maximum Gasteiger partial charge on any atom is 0.0487 e. The zero-order chi connectivity index (χ0) is 31.7. The van der Waals surface area contributed by atoms with Crippen LogP contribution in [0.25, 0.3) is 22.3 Å². The Labute approximate surface area is 290 Å². The topological polar surface area (TPSA) is 0 Å². The number of benzene rings is 4. The molecule has 7 aliphatic rings. The first kappa shape index (κ1) is 29.1. The number of rotatable bonds is 2. The van der Waals surface area contributed by atoms with E-state index in [0.29, 0.717) is 17.8 Å². The van der Waals surface area contributed by atoms with Gasteiger partial charge in [0.1, 0.15) is 0 Å². The zero-order valence-corrected chi connectivity index (χ0v) is 29.1. The summed E-state index contributed by atoms with van der Waals surface area (Å²) in [5, 5.41) is 1.81. The Morgan fingerprint density at radius 2 is 1.36 bits per heavy atom. The van der Waals surface area contributed by atoms with E-state index in [0.717, 1.165) is 46.6 Å². The Morgan fingerprint density at radius 3 is 2.09 bits per heavy atom. The van der Waals surface area contributed by atoms with Crippen LogP contribution in [0.1, 0.15) is 98.9 Å². The van der Waals surface area contributed by atoms with Gasteiger partial charge >= 0.3 is 0 Å². The van der Waals surface area contributed by atoms with Crippen molar-refractivity contribution in [1.82, 2.24) is 0 Å². The molecule has 11 rings (SSSR count). The molecular weight excluding hydrogens is 611 g/mol. The third kappa shape index (κ3) is 3.78. The molecule has 0 saturated heterocycles. The number of fused-ring (bicyclic) bond motifs is 8. The summed E-state index contributed by atoms with van der Waals surface area (Å²) in [7, 11) is 0. The normalized spacial score (nSPS) is 36.1. The summed E-state index contributed by atoms with van der Waals surface area (Å²) in [5.74, 6) is 4.70. The third-order valence-corrected chi connectivity index (χ3v) is 14.9. The van der Waals surface area contributed by atoms with Crippen molar-refractivity contribution in [3.8, 4) is 22.3 Å². The summed E-state index contributed by atoms with van der Waals surface area (Å²) in [5.41, 5.74) is 13.1. The van der Waals surface area contributed by atoms with Crippen molar-refractivity contribution in [3.63, 3.8) is 0 Å². The van der Waals surface area contributed by atoms with E-state index in [1.165, 1.54) is 71.9 Å². The smallest absolute Gasteiger partial charge is 0.0487 e. The molecular formula is C45H44Cl2. The summed E-state index contributed by atoms with van der Waals surface area (Å²) < 4.78 is 0. The number of hydrogen-bond donors (Lipinski definition) is 0. The Morgan fingerprint density at radius 1 is 0.702 bits per heavy atom. The van der Waals surface area contributed by atoms with Gasteiger partial charge in [-0.05, 0) is 149 Å². The minimum atomic E-state index is -0.142. The van der Waals surface area contributed by atoms with Crippen LogP contribution >= 0.6 is 23.2 Å². The highest BCUT2D eigenvalue weighted by molar-refractivity contribution is 6.34. The van der Waals surface area contributed by atoms with Crippen LogP contribution in [-0.2, 0) is 10.8 Å². The predicted octanol–water partition coefficient (Wildman–Crippen LogP) is 12.8. The van der Waals surface area contributed by atoms with Crippen LogP contribution in [0.2, 0.25) is 10.0 Å². The van der Waals surface area contributed by atoms with Crippen LogP contribution in [0.4, 0.5) is 0 Å². The van der Waals surface area contributed by atoms with Gasteiger partial charge in [-0.2, -0.15) is 0 Å². The van der Waals surface area contributed by atoms with Gasteiger partial charge in [0.2, 0.25) is 0 Å². The first-order chi connectivity index (χ1) is 22.9. The van der Waals surface area contributed by atoms with Gasteiger partial charge in [0.15, 0.2) is 0 Å². The van der Waals surface area contributed by atoms with Crippen molar-refractivity contribution < 1.29 is 0 Å². The Bertz CT molecular complexity index is 1940. The minimum absolute atomic E-state index is 0.141. The maximum absolute atomic E-state index is 7.29. The lowest BCUT2D eigenvalue weighted by Crippen LogP contribution is -2.55. The number of halogens is 2. The van der Waals surface area contributed by atoms with Crippen molar-refractivity contribution in [2.24, 2.45) is 35.5 Å². The lowest BCUT2D eigenvalue weighted by molar-refractivity contribution is -0.0399. The van der Waals surface area contributed by atoms with Gasteiger partial charge in [0, 0.05) is 26.4 Å². The molecule has 2 spiro atoms. The lowest BCUT2D eigenvalue weighted by Gasteiger charge is -2.61. The summed E-state index contributed by atoms with van der Waals surface area (Å²) >= 11 is 14.2. The highest BCUT2D eigenvalue weighted by atomic mass is 35.5. The molecule has 47 heavy (non-hydrogen) atoms. The van der Waals surface area contributed by atoms with Crippen molar-refractivity contribution in [3.05, 3.63) is 129 Å². The van der Waals surface area contributed by atoms with Crippen LogP contribution in [0.5, 0.6) is 0 Å². The first-order valence-electron chi connectivity index (χ1n) is 18.5. The zero-order valence-electron chi connectivity index (χ0n) is 27.6. The standard InChI is InChI=1S/C45H44Cl2/c1-3-29-16-18-44(36-11-6-4-9-33(36)43-38(44)13-8-14-40(43)47)17-15-26(2)41(29)35-24-32(46)25-39-42(35)34-10-5-7-12-37(34)45(39)30-20-27-19-28(22-30)23-31(45)21-27/h4-15,17,24-31,41H,3,16,18-23H2,1-2H3/b17-15+. The molecule has 4 saturated carbocycles. The van der Waals surface area contributed by atoms with Crippen molar-refractivity contribution in [2.75, 3.05) is 0 Å². The third-order valence-electron chi connectivity index (χ3n) is 14.4. The van der Waals surface area contributed by atoms with Gasteiger partial charge in [-0.1, -0.05) is 116 Å². The van der Waals surface area contributed by atoms with Crippen molar-refractivity contribution >= 4 is 23.2 Å².